The van der Waals surface area contributed by atoms with E-state index in [2.05, 4.69) is 41.6 Å². The highest BCUT2D eigenvalue weighted by atomic mass is 35.5. The van der Waals surface area contributed by atoms with Crippen molar-refractivity contribution in [1.82, 2.24) is 14.5 Å². The number of likely N-dealkylation sites (tertiary alicyclic amines) is 1. The predicted octanol–water partition coefficient (Wildman–Crippen LogP) is 3.57. The summed E-state index contributed by atoms with van der Waals surface area (Å²) in [7, 11) is 2.23. The van der Waals surface area contributed by atoms with Crippen LogP contribution in [0.15, 0.2) is 18.2 Å². The van der Waals surface area contributed by atoms with Gasteiger partial charge >= 0.3 is 0 Å². The number of piperidine rings is 1. The monoisotopic (exact) mass is 291 g/mol. The number of benzene rings is 1. The van der Waals surface area contributed by atoms with Crippen LogP contribution in [0.25, 0.3) is 11.0 Å². The minimum atomic E-state index is 0.476. The maximum absolute atomic E-state index is 6.10. The van der Waals surface area contributed by atoms with Crippen molar-refractivity contribution >= 4 is 22.6 Å². The predicted molar refractivity (Wildman–Crippen MR) is 84.3 cm³/mol. The number of fused-ring (bicyclic) bond motifs is 1. The van der Waals surface area contributed by atoms with Crippen molar-refractivity contribution in [2.75, 3.05) is 13.6 Å². The molecule has 2 heterocycles. The Morgan fingerprint density at radius 3 is 2.95 bits per heavy atom. The maximum Gasteiger partial charge on any atom is 0.124 e. The largest absolute Gasteiger partial charge is 0.325 e. The molecule has 0 saturated carbocycles. The lowest BCUT2D eigenvalue weighted by Crippen LogP contribution is -2.39. The standard InChI is InChI=1S/C16H22ClN3/c1-12-6-7-15-14(9-12)18-16(10-17)20(15)11-13-5-3-4-8-19(13)2/h6-7,9,13H,3-5,8,10-11H2,1-2H3. The van der Waals surface area contributed by atoms with Gasteiger partial charge in [-0.1, -0.05) is 12.5 Å². The summed E-state index contributed by atoms with van der Waals surface area (Å²) < 4.78 is 2.31. The van der Waals surface area contributed by atoms with Crippen LogP contribution in [0.2, 0.25) is 0 Å². The summed E-state index contributed by atoms with van der Waals surface area (Å²) >= 11 is 6.10. The van der Waals surface area contributed by atoms with E-state index in [-0.39, 0.29) is 0 Å². The SMILES string of the molecule is Cc1ccc2c(c1)nc(CCl)n2CC1CCCCN1C. The van der Waals surface area contributed by atoms with E-state index in [0.717, 1.165) is 17.9 Å². The smallest absolute Gasteiger partial charge is 0.124 e. The van der Waals surface area contributed by atoms with Gasteiger partial charge in [0.2, 0.25) is 0 Å². The van der Waals surface area contributed by atoms with E-state index in [1.54, 1.807) is 0 Å². The van der Waals surface area contributed by atoms with E-state index >= 15 is 0 Å². The van der Waals surface area contributed by atoms with Gasteiger partial charge in [-0.15, -0.1) is 11.6 Å². The van der Waals surface area contributed by atoms with Gasteiger partial charge in [-0.25, -0.2) is 4.98 Å². The summed E-state index contributed by atoms with van der Waals surface area (Å²) in [5.74, 6) is 1.47. The highest BCUT2D eigenvalue weighted by Gasteiger charge is 2.21. The fraction of sp³-hybridized carbons (Fsp3) is 0.562. The Labute approximate surface area is 125 Å². The normalized spacial score (nSPS) is 20.6. The molecule has 20 heavy (non-hydrogen) atoms. The molecule has 0 bridgehead atoms. The molecule has 0 spiro atoms. The Morgan fingerprint density at radius 2 is 2.20 bits per heavy atom. The summed E-state index contributed by atoms with van der Waals surface area (Å²) in [5.41, 5.74) is 3.53. The van der Waals surface area contributed by atoms with Crippen LogP contribution >= 0.6 is 11.6 Å². The van der Waals surface area contributed by atoms with Crippen LogP contribution in [-0.4, -0.2) is 34.1 Å². The Morgan fingerprint density at radius 1 is 1.35 bits per heavy atom. The van der Waals surface area contributed by atoms with Crippen LogP contribution in [0.3, 0.4) is 0 Å². The molecule has 1 aliphatic heterocycles. The number of imidazole rings is 1. The van der Waals surface area contributed by atoms with E-state index in [9.17, 15) is 0 Å². The number of likely N-dealkylation sites (N-methyl/N-ethyl adjacent to an activating group) is 1. The molecule has 1 unspecified atom stereocenters. The molecule has 0 N–H and O–H groups in total. The fourth-order valence-corrected chi connectivity index (χ4v) is 3.39. The van der Waals surface area contributed by atoms with Crippen molar-refractivity contribution in [2.24, 2.45) is 0 Å². The molecule has 3 rings (SSSR count). The number of halogens is 1. The zero-order valence-corrected chi connectivity index (χ0v) is 13.0. The zero-order chi connectivity index (χ0) is 14.1. The van der Waals surface area contributed by atoms with Crippen molar-refractivity contribution in [1.29, 1.82) is 0 Å². The number of hydrogen-bond donors (Lipinski definition) is 0. The van der Waals surface area contributed by atoms with Crippen molar-refractivity contribution in [2.45, 2.75) is 44.7 Å². The van der Waals surface area contributed by atoms with Crippen LogP contribution in [0.5, 0.6) is 0 Å². The number of rotatable bonds is 3. The second-order valence-corrected chi connectivity index (χ2v) is 6.16. The molecule has 1 aliphatic rings. The lowest BCUT2D eigenvalue weighted by atomic mass is 10.0. The molecule has 4 heteroatoms. The maximum atomic E-state index is 6.10. The topological polar surface area (TPSA) is 21.1 Å². The highest BCUT2D eigenvalue weighted by molar-refractivity contribution is 6.16. The van der Waals surface area contributed by atoms with Gasteiger partial charge in [-0.05, 0) is 51.1 Å². The molecule has 2 aromatic rings. The molecule has 1 aromatic carbocycles. The van der Waals surface area contributed by atoms with E-state index in [4.69, 9.17) is 16.6 Å². The van der Waals surface area contributed by atoms with Crippen LogP contribution < -0.4 is 0 Å². The zero-order valence-electron chi connectivity index (χ0n) is 12.3. The summed E-state index contributed by atoms with van der Waals surface area (Å²) in [5, 5.41) is 0. The third-order valence-corrected chi connectivity index (χ3v) is 4.66. The second-order valence-electron chi connectivity index (χ2n) is 5.89. The lowest BCUT2D eigenvalue weighted by molar-refractivity contribution is 0.168. The summed E-state index contributed by atoms with van der Waals surface area (Å²) in [6.45, 7) is 4.30. The average molecular weight is 292 g/mol. The summed E-state index contributed by atoms with van der Waals surface area (Å²) in [6.07, 6.45) is 3.92. The molecule has 0 radical (unpaired) electrons. The first-order valence-electron chi connectivity index (χ1n) is 7.41. The van der Waals surface area contributed by atoms with E-state index in [1.165, 1.54) is 36.9 Å². The van der Waals surface area contributed by atoms with E-state index in [0.29, 0.717) is 11.9 Å². The molecule has 1 fully saturated rings. The highest BCUT2D eigenvalue weighted by Crippen LogP contribution is 2.23. The van der Waals surface area contributed by atoms with Gasteiger partial charge < -0.3 is 9.47 Å². The molecule has 0 aliphatic carbocycles. The quantitative estimate of drug-likeness (QED) is 0.806. The van der Waals surface area contributed by atoms with Crippen molar-refractivity contribution < 1.29 is 0 Å². The van der Waals surface area contributed by atoms with Crippen LogP contribution in [-0.2, 0) is 12.4 Å². The first kappa shape index (κ1) is 13.9. The number of hydrogen-bond acceptors (Lipinski definition) is 2. The lowest BCUT2D eigenvalue weighted by Gasteiger charge is -2.33. The first-order chi connectivity index (χ1) is 9.69. The third-order valence-electron chi connectivity index (χ3n) is 4.42. The van der Waals surface area contributed by atoms with Crippen LogP contribution in [0.4, 0.5) is 0 Å². The molecule has 108 valence electrons. The van der Waals surface area contributed by atoms with Crippen molar-refractivity contribution in [3.05, 3.63) is 29.6 Å². The second kappa shape index (κ2) is 5.74. The van der Waals surface area contributed by atoms with Gasteiger partial charge in [0.25, 0.3) is 0 Å². The van der Waals surface area contributed by atoms with Crippen LogP contribution in [0.1, 0.15) is 30.7 Å². The summed E-state index contributed by atoms with van der Waals surface area (Å²) in [4.78, 5) is 7.17. The molecule has 0 amide bonds. The molecule has 1 atom stereocenters. The fourth-order valence-electron chi connectivity index (χ4n) is 3.18. The van der Waals surface area contributed by atoms with Crippen molar-refractivity contribution in [3.8, 4) is 0 Å². The first-order valence-corrected chi connectivity index (χ1v) is 7.94. The van der Waals surface area contributed by atoms with Gasteiger partial charge in [0.05, 0.1) is 16.9 Å². The molecular formula is C16H22ClN3. The van der Waals surface area contributed by atoms with Crippen molar-refractivity contribution in [3.63, 3.8) is 0 Å². The minimum absolute atomic E-state index is 0.476. The number of alkyl halides is 1. The Hall–Kier alpha value is -1.06. The van der Waals surface area contributed by atoms with Gasteiger partial charge in [-0.2, -0.15) is 0 Å². The Kier molecular flexibility index (Phi) is 3.99. The molecule has 1 saturated heterocycles. The van der Waals surface area contributed by atoms with Gasteiger partial charge in [-0.3, -0.25) is 0 Å². The number of aromatic nitrogens is 2. The van der Waals surface area contributed by atoms with Crippen LogP contribution in [0, 0.1) is 6.92 Å². The van der Waals surface area contributed by atoms with Gasteiger partial charge in [0.15, 0.2) is 0 Å². The molecule has 3 nitrogen and oxygen atoms in total. The van der Waals surface area contributed by atoms with E-state index in [1.807, 2.05) is 0 Å². The van der Waals surface area contributed by atoms with E-state index < -0.39 is 0 Å². The van der Waals surface area contributed by atoms with Gasteiger partial charge in [0, 0.05) is 12.6 Å². The molecular weight excluding hydrogens is 270 g/mol. The Bertz CT molecular complexity index is 605. The molecule has 1 aromatic heterocycles. The van der Waals surface area contributed by atoms with Gasteiger partial charge in [0.1, 0.15) is 5.82 Å². The third kappa shape index (κ3) is 2.57. The minimum Gasteiger partial charge on any atom is -0.325 e. The average Bonchev–Trinajstić information content (AvgIpc) is 2.78. The number of aryl methyl sites for hydroxylation is 1. The summed E-state index contributed by atoms with van der Waals surface area (Å²) in [6, 6.07) is 7.08. The number of nitrogens with zero attached hydrogens (tertiary/aromatic N) is 3. The Balaban J connectivity index is 1.96.